The van der Waals surface area contributed by atoms with Gasteiger partial charge in [-0.25, -0.2) is 4.98 Å². The molecular weight excluding hydrogens is 305 g/mol. The number of thioether (sulfide) groups is 1. The van der Waals surface area contributed by atoms with Crippen LogP contribution >= 0.6 is 23.1 Å². The number of nitrogens with zero attached hydrogens (tertiary/aromatic N) is 1. The second-order valence-corrected chi connectivity index (χ2v) is 8.78. The van der Waals surface area contributed by atoms with Crippen molar-refractivity contribution < 1.29 is 13.2 Å². The van der Waals surface area contributed by atoms with E-state index in [9.17, 15) is 13.2 Å². The fourth-order valence-corrected chi connectivity index (χ4v) is 3.25. The SMILES string of the molecule is CC(C)NCc1sc(CSC(C)(C)C)nc1C(F)(F)F. The van der Waals surface area contributed by atoms with Crippen LogP contribution in [0.15, 0.2) is 0 Å². The summed E-state index contributed by atoms with van der Waals surface area (Å²) in [5, 5.41) is 3.56. The molecule has 0 aromatic carbocycles. The van der Waals surface area contributed by atoms with Crippen LogP contribution in [0.1, 0.15) is 50.2 Å². The number of hydrogen-bond donors (Lipinski definition) is 1. The van der Waals surface area contributed by atoms with Crippen molar-refractivity contribution in [2.45, 2.75) is 63.9 Å². The maximum Gasteiger partial charge on any atom is 0.434 e. The van der Waals surface area contributed by atoms with Gasteiger partial charge in [-0.1, -0.05) is 34.6 Å². The monoisotopic (exact) mass is 326 g/mol. The molecule has 0 aliphatic heterocycles. The van der Waals surface area contributed by atoms with Crippen molar-refractivity contribution in [3.63, 3.8) is 0 Å². The summed E-state index contributed by atoms with van der Waals surface area (Å²) in [6, 6.07) is 0.144. The van der Waals surface area contributed by atoms with Crippen molar-refractivity contribution in [1.29, 1.82) is 0 Å². The Hall–Kier alpha value is -0.270. The molecule has 20 heavy (non-hydrogen) atoms. The van der Waals surface area contributed by atoms with Gasteiger partial charge in [-0.3, -0.25) is 0 Å². The summed E-state index contributed by atoms with van der Waals surface area (Å²) < 4.78 is 38.9. The number of alkyl halides is 3. The van der Waals surface area contributed by atoms with Crippen LogP contribution in [0.3, 0.4) is 0 Å². The standard InChI is InChI=1S/C13H21F3N2S2/c1-8(2)17-6-9-11(13(14,15)16)18-10(20-9)7-19-12(3,4)5/h8,17H,6-7H2,1-5H3. The van der Waals surface area contributed by atoms with Crippen LogP contribution in [0.2, 0.25) is 0 Å². The summed E-state index contributed by atoms with van der Waals surface area (Å²) in [5.74, 6) is 0.513. The molecule has 0 amide bonds. The molecule has 0 fully saturated rings. The molecule has 2 nitrogen and oxygen atoms in total. The van der Waals surface area contributed by atoms with Gasteiger partial charge >= 0.3 is 6.18 Å². The molecule has 0 unspecified atom stereocenters. The Morgan fingerprint density at radius 1 is 1.25 bits per heavy atom. The molecule has 0 aliphatic rings. The van der Waals surface area contributed by atoms with Gasteiger partial charge in [-0.05, 0) is 0 Å². The summed E-state index contributed by atoms with van der Waals surface area (Å²) in [7, 11) is 0. The molecule has 0 saturated carbocycles. The molecule has 1 aromatic rings. The fourth-order valence-electron chi connectivity index (χ4n) is 1.38. The van der Waals surface area contributed by atoms with E-state index in [1.807, 2.05) is 34.6 Å². The Morgan fingerprint density at radius 3 is 2.30 bits per heavy atom. The highest BCUT2D eigenvalue weighted by Crippen LogP contribution is 2.36. The predicted molar refractivity (Wildman–Crippen MR) is 80.1 cm³/mol. The lowest BCUT2D eigenvalue weighted by Crippen LogP contribution is -2.23. The molecule has 1 heterocycles. The highest BCUT2D eigenvalue weighted by atomic mass is 32.2. The lowest BCUT2D eigenvalue weighted by atomic mass is 10.3. The third kappa shape index (κ3) is 6.01. The lowest BCUT2D eigenvalue weighted by Gasteiger charge is -2.16. The Kier molecular flexibility index (Phi) is 5.92. The smallest absolute Gasteiger partial charge is 0.310 e. The highest BCUT2D eigenvalue weighted by Gasteiger charge is 2.37. The van der Waals surface area contributed by atoms with Gasteiger partial charge in [0.2, 0.25) is 0 Å². The molecule has 7 heteroatoms. The number of rotatable bonds is 5. The summed E-state index contributed by atoms with van der Waals surface area (Å²) in [4.78, 5) is 4.07. The van der Waals surface area contributed by atoms with Gasteiger partial charge in [0.05, 0.1) is 4.88 Å². The van der Waals surface area contributed by atoms with Crippen LogP contribution in [-0.4, -0.2) is 15.8 Å². The van der Waals surface area contributed by atoms with E-state index in [4.69, 9.17) is 0 Å². The number of nitrogens with one attached hydrogen (secondary N) is 1. The minimum Gasteiger partial charge on any atom is -0.310 e. The van der Waals surface area contributed by atoms with E-state index >= 15 is 0 Å². The van der Waals surface area contributed by atoms with Gasteiger partial charge in [0.25, 0.3) is 0 Å². The molecule has 0 radical (unpaired) electrons. The van der Waals surface area contributed by atoms with Crippen LogP contribution in [0.4, 0.5) is 13.2 Å². The molecule has 1 N–H and O–H groups in total. The van der Waals surface area contributed by atoms with Crippen LogP contribution in [0, 0.1) is 0 Å². The Bertz CT molecular complexity index is 434. The Morgan fingerprint density at radius 2 is 1.85 bits per heavy atom. The first-order valence-electron chi connectivity index (χ1n) is 6.42. The molecule has 0 bridgehead atoms. The topological polar surface area (TPSA) is 24.9 Å². The second-order valence-electron chi connectivity index (χ2n) is 5.81. The average molecular weight is 326 g/mol. The predicted octanol–water partition coefficient (Wildman–Crippen LogP) is 4.69. The molecule has 0 spiro atoms. The van der Waals surface area contributed by atoms with E-state index in [2.05, 4.69) is 10.3 Å². The maximum atomic E-state index is 13.0. The number of halogens is 3. The van der Waals surface area contributed by atoms with Gasteiger partial charge in [-0.15, -0.1) is 23.1 Å². The first kappa shape index (κ1) is 17.8. The third-order valence-corrected chi connectivity index (χ3v) is 4.83. The van der Waals surface area contributed by atoms with Gasteiger partial charge in [0.15, 0.2) is 5.69 Å². The largest absolute Gasteiger partial charge is 0.434 e. The zero-order chi connectivity index (χ0) is 15.6. The molecule has 1 aromatic heterocycles. The normalized spacial score (nSPS) is 13.2. The van der Waals surface area contributed by atoms with Gasteiger partial charge in [0, 0.05) is 23.1 Å². The maximum absolute atomic E-state index is 13.0. The van der Waals surface area contributed by atoms with Crippen molar-refractivity contribution in [1.82, 2.24) is 10.3 Å². The first-order chi connectivity index (χ1) is 8.99. The quantitative estimate of drug-likeness (QED) is 0.849. The summed E-state index contributed by atoms with van der Waals surface area (Å²) in [6.07, 6.45) is -4.38. The Balaban J connectivity index is 2.88. The van der Waals surface area contributed by atoms with E-state index < -0.39 is 11.9 Å². The lowest BCUT2D eigenvalue weighted by molar-refractivity contribution is -0.141. The molecule has 0 saturated heterocycles. The average Bonchev–Trinajstić information content (AvgIpc) is 2.65. The summed E-state index contributed by atoms with van der Waals surface area (Å²) in [6.45, 7) is 10.1. The van der Waals surface area contributed by atoms with E-state index in [0.29, 0.717) is 10.8 Å². The third-order valence-electron chi connectivity index (χ3n) is 2.31. The van der Waals surface area contributed by atoms with E-state index in [1.54, 1.807) is 11.8 Å². The van der Waals surface area contributed by atoms with Crippen molar-refractivity contribution >= 4 is 23.1 Å². The van der Waals surface area contributed by atoms with Crippen LogP contribution in [0.25, 0.3) is 0 Å². The van der Waals surface area contributed by atoms with E-state index in [-0.39, 0.29) is 22.2 Å². The summed E-state index contributed by atoms with van der Waals surface area (Å²) in [5.41, 5.74) is -0.736. The van der Waals surface area contributed by atoms with Gasteiger partial charge in [0.1, 0.15) is 5.01 Å². The van der Waals surface area contributed by atoms with Crippen molar-refractivity contribution in [3.05, 3.63) is 15.6 Å². The van der Waals surface area contributed by atoms with Crippen molar-refractivity contribution in [2.24, 2.45) is 0 Å². The Labute approximate surface area is 126 Å². The molecule has 0 aliphatic carbocycles. The minimum atomic E-state index is -4.38. The molecule has 116 valence electrons. The molecule has 1 rings (SSSR count). The van der Waals surface area contributed by atoms with Crippen LogP contribution < -0.4 is 5.32 Å². The van der Waals surface area contributed by atoms with E-state index in [1.165, 1.54) is 0 Å². The van der Waals surface area contributed by atoms with Crippen LogP contribution in [-0.2, 0) is 18.5 Å². The molecular formula is C13H21F3N2S2. The second kappa shape index (κ2) is 6.66. The number of aromatic nitrogens is 1. The summed E-state index contributed by atoms with van der Waals surface area (Å²) >= 11 is 2.76. The number of thiazole rings is 1. The number of hydrogen-bond acceptors (Lipinski definition) is 4. The highest BCUT2D eigenvalue weighted by molar-refractivity contribution is 7.99. The van der Waals surface area contributed by atoms with Crippen molar-refractivity contribution in [2.75, 3.05) is 0 Å². The van der Waals surface area contributed by atoms with Gasteiger partial charge < -0.3 is 5.32 Å². The van der Waals surface area contributed by atoms with E-state index in [0.717, 1.165) is 11.3 Å². The van der Waals surface area contributed by atoms with Crippen LogP contribution in [0.5, 0.6) is 0 Å². The van der Waals surface area contributed by atoms with Gasteiger partial charge in [-0.2, -0.15) is 13.2 Å². The molecule has 0 atom stereocenters. The first-order valence-corrected chi connectivity index (χ1v) is 8.22. The zero-order valence-corrected chi connectivity index (χ0v) is 14.0. The zero-order valence-electron chi connectivity index (χ0n) is 12.4. The minimum absolute atomic E-state index is 0.0143. The fraction of sp³-hybridized carbons (Fsp3) is 0.769. The van der Waals surface area contributed by atoms with Crippen molar-refractivity contribution in [3.8, 4) is 0 Å².